The summed E-state index contributed by atoms with van der Waals surface area (Å²) in [5, 5.41) is 0. The fraction of sp³-hybridized carbons (Fsp3) is 0.818. The zero-order valence-corrected chi connectivity index (χ0v) is 9.25. The minimum absolute atomic E-state index is 0.268. The third-order valence-electron chi connectivity index (χ3n) is 2.85. The molecular weight excluding hydrogens is 176 g/mol. The van der Waals surface area contributed by atoms with Gasteiger partial charge in [0.2, 0.25) is 0 Å². The van der Waals surface area contributed by atoms with Gasteiger partial charge in [-0.25, -0.2) is 0 Å². The second-order valence-corrected chi connectivity index (χ2v) is 4.31. The smallest absolute Gasteiger partial charge is 0.0765 e. The highest BCUT2D eigenvalue weighted by molar-refractivity contribution is 4.94. The van der Waals surface area contributed by atoms with Crippen molar-refractivity contribution in [2.24, 2.45) is 11.8 Å². The Morgan fingerprint density at radius 1 is 1.64 bits per heavy atom. The van der Waals surface area contributed by atoms with E-state index in [2.05, 4.69) is 12.0 Å². The summed E-state index contributed by atoms with van der Waals surface area (Å²) in [7, 11) is 1.77. The van der Waals surface area contributed by atoms with Gasteiger partial charge in [0.1, 0.15) is 0 Å². The highest BCUT2D eigenvalue weighted by Crippen LogP contribution is 2.36. The molecule has 3 N–H and O–H groups in total. The van der Waals surface area contributed by atoms with Crippen LogP contribution in [0.4, 0.5) is 0 Å². The summed E-state index contributed by atoms with van der Waals surface area (Å²) in [6, 6.07) is 0.268. The van der Waals surface area contributed by atoms with Crippen molar-refractivity contribution in [3.05, 3.63) is 12.2 Å². The zero-order valence-electron chi connectivity index (χ0n) is 9.25. The fourth-order valence-corrected chi connectivity index (χ4v) is 1.85. The lowest BCUT2D eigenvalue weighted by molar-refractivity contribution is 0.0485. The van der Waals surface area contributed by atoms with E-state index >= 15 is 0 Å². The Hall–Kier alpha value is -0.380. The van der Waals surface area contributed by atoms with E-state index < -0.39 is 0 Å². The molecule has 3 heteroatoms. The Balaban J connectivity index is 2.37. The van der Waals surface area contributed by atoms with Gasteiger partial charge < -0.3 is 4.74 Å². The molecule has 0 radical (unpaired) electrons. The molecule has 0 bridgehead atoms. The van der Waals surface area contributed by atoms with Crippen LogP contribution in [0.25, 0.3) is 0 Å². The number of rotatable bonds is 7. The Labute approximate surface area is 86.7 Å². The fourth-order valence-electron chi connectivity index (χ4n) is 1.85. The number of nitrogens with two attached hydrogens (primary N) is 1. The summed E-state index contributed by atoms with van der Waals surface area (Å²) < 4.78 is 5.49. The van der Waals surface area contributed by atoms with Crippen molar-refractivity contribution in [1.29, 1.82) is 0 Å². The molecule has 0 aromatic rings. The third-order valence-corrected chi connectivity index (χ3v) is 2.85. The number of methoxy groups -OCH3 is 1. The van der Waals surface area contributed by atoms with Gasteiger partial charge in [0.25, 0.3) is 0 Å². The first-order valence-electron chi connectivity index (χ1n) is 5.32. The molecule has 1 rings (SSSR count). The number of hydrogen-bond acceptors (Lipinski definition) is 3. The largest absolute Gasteiger partial charge is 0.379 e. The molecule has 14 heavy (non-hydrogen) atoms. The second-order valence-electron chi connectivity index (χ2n) is 4.31. The zero-order chi connectivity index (χ0) is 10.6. The van der Waals surface area contributed by atoms with Crippen LogP contribution >= 0.6 is 0 Å². The lowest BCUT2D eigenvalue weighted by Gasteiger charge is -2.25. The summed E-state index contributed by atoms with van der Waals surface area (Å²) in [4.78, 5) is 0. The predicted molar refractivity (Wildman–Crippen MR) is 58.7 cm³/mol. The van der Waals surface area contributed by atoms with E-state index in [9.17, 15) is 0 Å². The molecule has 1 aliphatic rings. The van der Waals surface area contributed by atoms with Crippen LogP contribution in [0.2, 0.25) is 0 Å². The van der Waals surface area contributed by atoms with Crippen molar-refractivity contribution in [3.63, 3.8) is 0 Å². The first kappa shape index (κ1) is 11.7. The topological polar surface area (TPSA) is 47.3 Å². The molecule has 0 aromatic heterocycles. The summed E-state index contributed by atoms with van der Waals surface area (Å²) in [5.41, 5.74) is 4.07. The molecule has 0 spiro atoms. The van der Waals surface area contributed by atoms with Gasteiger partial charge in [-0.1, -0.05) is 5.57 Å². The lowest BCUT2D eigenvalue weighted by atomic mass is 10.00. The van der Waals surface area contributed by atoms with Crippen LogP contribution in [0.1, 0.15) is 32.6 Å². The minimum atomic E-state index is 0.268. The van der Waals surface area contributed by atoms with E-state index in [1.54, 1.807) is 7.11 Å². The number of hydrogen-bond donors (Lipinski definition) is 2. The van der Waals surface area contributed by atoms with Gasteiger partial charge in [-0.3, -0.25) is 11.3 Å². The van der Waals surface area contributed by atoms with E-state index in [1.165, 1.54) is 18.4 Å². The Morgan fingerprint density at radius 3 is 2.64 bits per heavy atom. The van der Waals surface area contributed by atoms with Crippen molar-refractivity contribution >= 4 is 0 Å². The van der Waals surface area contributed by atoms with Crippen LogP contribution in [-0.2, 0) is 4.74 Å². The van der Waals surface area contributed by atoms with Crippen LogP contribution in [0.5, 0.6) is 0 Å². The van der Waals surface area contributed by atoms with Crippen LogP contribution in [0, 0.1) is 5.92 Å². The number of hydrazine groups is 1. The Morgan fingerprint density at radius 2 is 2.29 bits per heavy atom. The van der Waals surface area contributed by atoms with Crippen LogP contribution in [0.15, 0.2) is 12.2 Å². The van der Waals surface area contributed by atoms with E-state index in [1.807, 2.05) is 6.92 Å². The summed E-state index contributed by atoms with van der Waals surface area (Å²) in [6.07, 6.45) is 4.87. The van der Waals surface area contributed by atoms with E-state index in [-0.39, 0.29) is 12.1 Å². The van der Waals surface area contributed by atoms with Crippen molar-refractivity contribution in [1.82, 2.24) is 5.43 Å². The monoisotopic (exact) mass is 198 g/mol. The molecule has 1 aliphatic carbocycles. The van der Waals surface area contributed by atoms with Crippen molar-refractivity contribution in [3.8, 4) is 0 Å². The van der Waals surface area contributed by atoms with Crippen molar-refractivity contribution in [2.75, 3.05) is 7.11 Å². The summed E-state index contributed by atoms with van der Waals surface area (Å²) >= 11 is 0. The van der Waals surface area contributed by atoms with Gasteiger partial charge in [-0.2, -0.15) is 0 Å². The highest BCUT2D eigenvalue weighted by atomic mass is 16.5. The molecule has 0 amide bonds. The van der Waals surface area contributed by atoms with Gasteiger partial charge >= 0.3 is 0 Å². The first-order chi connectivity index (χ1) is 6.69. The molecule has 3 nitrogen and oxygen atoms in total. The van der Waals surface area contributed by atoms with Gasteiger partial charge in [0.15, 0.2) is 0 Å². The van der Waals surface area contributed by atoms with Crippen molar-refractivity contribution < 1.29 is 4.74 Å². The molecule has 0 aromatic carbocycles. The minimum Gasteiger partial charge on any atom is -0.379 e. The summed E-state index contributed by atoms with van der Waals surface area (Å²) in [5.74, 6) is 6.26. The van der Waals surface area contributed by atoms with E-state index in [4.69, 9.17) is 10.6 Å². The Bertz CT molecular complexity index is 190. The molecular formula is C11H22N2O. The van der Waals surface area contributed by atoms with Crippen molar-refractivity contribution in [2.45, 2.75) is 44.8 Å². The van der Waals surface area contributed by atoms with Gasteiger partial charge in [-0.05, 0) is 38.5 Å². The molecule has 2 unspecified atom stereocenters. The molecule has 82 valence electrons. The number of allylic oxidation sites excluding steroid dienone is 1. The van der Waals surface area contributed by atoms with Gasteiger partial charge in [-0.15, -0.1) is 6.58 Å². The third kappa shape index (κ3) is 3.40. The Kier molecular flexibility index (Phi) is 4.58. The summed E-state index contributed by atoms with van der Waals surface area (Å²) in [6.45, 7) is 5.95. The first-order valence-corrected chi connectivity index (χ1v) is 5.32. The molecule has 1 fully saturated rings. The standard InChI is InChI=1S/C11H22N2O/c1-8(2)4-7-10(13-12)11(14-3)9-5-6-9/h9-11,13H,1,4-7,12H2,2-3H3. The average molecular weight is 198 g/mol. The highest BCUT2D eigenvalue weighted by Gasteiger charge is 2.36. The molecule has 0 aliphatic heterocycles. The molecule has 1 saturated carbocycles. The maximum Gasteiger partial charge on any atom is 0.0765 e. The maximum atomic E-state index is 5.54. The lowest BCUT2D eigenvalue weighted by Crippen LogP contribution is -2.45. The number of ether oxygens (including phenoxy) is 1. The maximum absolute atomic E-state index is 5.54. The normalized spacial score (nSPS) is 20.5. The molecule has 0 heterocycles. The van der Waals surface area contributed by atoms with Gasteiger partial charge in [0.05, 0.1) is 6.10 Å². The second kappa shape index (κ2) is 5.49. The van der Waals surface area contributed by atoms with Gasteiger partial charge in [0, 0.05) is 13.2 Å². The van der Waals surface area contributed by atoms with E-state index in [0.717, 1.165) is 12.8 Å². The van der Waals surface area contributed by atoms with Crippen LogP contribution in [0.3, 0.4) is 0 Å². The number of nitrogens with one attached hydrogen (secondary N) is 1. The van der Waals surface area contributed by atoms with E-state index in [0.29, 0.717) is 5.92 Å². The van der Waals surface area contributed by atoms with Crippen LogP contribution < -0.4 is 11.3 Å². The average Bonchev–Trinajstić information content (AvgIpc) is 2.95. The quantitative estimate of drug-likeness (QED) is 0.371. The SMILES string of the molecule is C=C(C)CCC(NN)C(OC)C1CC1. The molecule has 2 atom stereocenters. The molecule has 0 saturated heterocycles. The predicted octanol–water partition coefficient (Wildman–Crippen LogP) is 1.60. The van der Waals surface area contributed by atoms with Crippen LogP contribution in [-0.4, -0.2) is 19.3 Å².